The first-order valence-electron chi connectivity index (χ1n) is 11.5. The van der Waals surface area contributed by atoms with E-state index in [1.54, 1.807) is 0 Å². The summed E-state index contributed by atoms with van der Waals surface area (Å²) >= 11 is 0. The molecule has 0 amide bonds. The summed E-state index contributed by atoms with van der Waals surface area (Å²) < 4.78 is 4.81. The largest absolute Gasteiger partial charge is 0.469 e. The van der Waals surface area contributed by atoms with Crippen LogP contribution >= 0.6 is 0 Å². The molecule has 0 N–H and O–H groups in total. The molecule has 0 aromatic heterocycles. The Morgan fingerprint density at radius 1 is 1.24 bits per heavy atom. The lowest BCUT2D eigenvalue weighted by Gasteiger charge is -2.58. The van der Waals surface area contributed by atoms with E-state index < -0.39 is 0 Å². The van der Waals surface area contributed by atoms with Crippen LogP contribution in [0.2, 0.25) is 0 Å². The lowest BCUT2D eigenvalue weighted by atomic mass is 9.45. The van der Waals surface area contributed by atoms with Gasteiger partial charge in [-0.1, -0.05) is 25.5 Å². The van der Waals surface area contributed by atoms with Gasteiger partial charge in [0, 0.05) is 25.7 Å². The Kier molecular flexibility index (Phi) is 5.28. The Morgan fingerprint density at radius 2 is 2.00 bits per heavy atom. The third kappa shape index (κ3) is 3.13. The quantitative estimate of drug-likeness (QED) is 0.497. The third-order valence-corrected chi connectivity index (χ3v) is 9.54. The van der Waals surface area contributed by atoms with Crippen molar-refractivity contribution in [1.82, 2.24) is 0 Å². The molecule has 0 heterocycles. The van der Waals surface area contributed by atoms with Crippen LogP contribution in [0.4, 0.5) is 0 Å². The summed E-state index contributed by atoms with van der Waals surface area (Å²) in [5.41, 5.74) is 1.15. The second-order valence-corrected chi connectivity index (χ2v) is 10.7. The van der Waals surface area contributed by atoms with Crippen molar-refractivity contribution < 1.29 is 19.1 Å². The van der Waals surface area contributed by atoms with Crippen LogP contribution in [0.25, 0.3) is 0 Å². The van der Waals surface area contributed by atoms with Crippen molar-refractivity contribution in [1.29, 1.82) is 0 Å². The molecule has 4 aliphatic carbocycles. The summed E-state index contributed by atoms with van der Waals surface area (Å²) in [6, 6.07) is 0. The number of hydrogen-bond acceptors (Lipinski definition) is 4. The van der Waals surface area contributed by atoms with Crippen molar-refractivity contribution in [3.05, 3.63) is 11.6 Å². The molecule has 0 radical (unpaired) electrons. The van der Waals surface area contributed by atoms with Crippen LogP contribution in [0.5, 0.6) is 0 Å². The Morgan fingerprint density at radius 3 is 2.72 bits per heavy atom. The summed E-state index contributed by atoms with van der Waals surface area (Å²) in [5.74, 6) is 2.59. The number of Topliss-reactive ketones (excluding diaryl/α,β-unsaturated/α-hetero) is 2. The molecule has 0 spiro atoms. The number of fused-ring (bicyclic) bond motifs is 5. The molecule has 4 rings (SSSR count). The minimum atomic E-state index is -0.371. The van der Waals surface area contributed by atoms with E-state index in [-0.39, 0.29) is 22.7 Å². The number of carbonyl (C=O) groups is 3. The molecule has 4 aliphatic rings. The monoisotopic (exact) mass is 400 g/mol. The van der Waals surface area contributed by atoms with Gasteiger partial charge in [0.1, 0.15) is 11.6 Å². The van der Waals surface area contributed by atoms with Gasteiger partial charge in [-0.3, -0.25) is 14.4 Å². The Hall–Kier alpha value is -1.45. The van der Waals surface area contributed by atoms with Gasteiger partial charge in [-0.05, 0) is 74.0 Å². The van der Waals surface area contributed by atoms with E-state index in [1.807, 2.05) is 0 Å². The number of hydrogen-bond donors (Lipinski definition) is 0. The van der Waals surface area contributed by atoms with E-state index in [4.69, 9.17) is 4.74 Å². The maximum atomic E-state index is 13.6. The van der Waals surface area contributed by atoms with Crippen molar-refractivity contribution in [3.63, 3.8) is 0 Å². The number of rotatable bonds is 4. The van der Waals surface area contributed by atoms with Gasteiger partial charge in [-0.2, -0.15) is 0 Å². The van der Waals surface area contributed by atoms with Gasteiger partial charge in [-0.15, -0.1) is 0 Å². The number of allylic oxidation sites excluding steroid dienone is 2. The standard InChI is InChI=1S/C25H36O4/c1-15(5-10-23(28)29-4)19-8-9-20-18-7-6-16-13-17(26)11-12-24(16,2)21(18)14-22(27)25(19,20)3/h9,15-16,18-19,21H,5-8,10-14H2,1-4H3/t15-,16-,18+,19-,21+,24+,25-/m1/s1. The average molecular weight is 401 g/mol. The molecule has 0 aliphatic heterocycles. The first-order valence-corrected chi connectivity index (χ1v) is 11.5. The first-order chi connectivity index (χ1) is 13.7. The first kappa shape index (κ1) is 20.8. The minimum Gasteiger partial charge on any atom is -0.469 e. The summed E-state index contributed by atoms with van der Waals surface area (Å²) in [4.78, 5) is 37.3. The highest BCUT2D eigenvalue weighted by molar-refractivity contribution is 5.90. The molecule has 0 saturated heterocycles. The molecule has 3 saturated carbocycles. The molecule has 3 fully saturated rings. The fourth-order valence-electron chi connectivity index (χ4n) is 7.61. The van der Waals surface area contributed by atoms with E-state index in [1.165, 1.54) is 12.7 Å². The maximum Gasteiger partial charge on any atom is 0.305 e. The predicted molar refractivity (Wildman–Crippen MR) is 111 cm³/mol. The van der Waals surface area contributed by atoms with Gasteiger partial charge in [0.05, 0.1) is 12.5 Å². The van der Waals surface area contributed by atoms with Gasteiger partial charge in [0.25, 0.3) is 0 Å². The van der Waals surface area contributed by atoms with Gasteiger partial charge in [0.2, 0.25) is 0 Å². The average Bonchev–Trinajstić information content (AvgIpc) is 3.06. The van der Waals surface area contributed by atoms with Gasteiger partial charge < -0.3 is 4.74 Å². The second kappa shape index (κ2) is 7.35. The van der Waals surface area contributed by atoms with Crippen LogP contribution in [0.15, 0.2) is 11.6 Å². The smallest absolute Gasteiger partial charge is 0.305 e. The molecular weight excluding hydrogens is 364 g/mol. The zero-order valence-electron chi connectivity index (χ0n) is 18.5. The minimum absolute atomic E-state index is 0.128. The van der Waals surface area contributed by atoms with E-state index >= 15 is 0 Å². The summed E-state index contributed by atoms with van der Waals surface area (Å²) in [7, 11) is 1.43. The van der Waals surface area contributed by atoms with Crippen molar-refractivity contribution in [3.8, 4) is 0 Å². The number of ketones is 2. The predicted octanol–water partition coefficient (Wildman–Crippen LogP) is 4.90. The summed E-state index contributed by atoms with van der Waals surface area (Å²) in [6.45, 7) is 6.74. The van der Waals surface area contributed by atoms with Crippen LogP contribution < -0.4 is 0 Å². The van der Waals surface area contributed by atoms with Crippen molar-refractivity contribution >= 4 is 17.5 Å². The normalized spacial score (nSPS) is 42.4. The molecule has 0 aromatic rings. The molecule has 0 unspecified atom stereocenters. The molecule has 4 heteroatoms. The third-order valence-electron chi connectivity index (χ3n) is 9.54. The van der Waals surface area contributed by atoms with Gasteiger partial charge >= 0.3 is 5.97 Å². The zero-order chi connectivity index (χ0) is 21.0. The van der Waals surface area contributed by atoms with Crippen LogP contribution in [0.1, 0.15) is 78.6 Å². The van der Waals surface area contributed by atoms with Crippen LogP contribution in [0, 0.1) is 40.4 Å². The molecule has 29 heavy (non-hydrogen) atoms. The molecule has 0 bridgehead atoms. The van der Waals surface area contributed by atoms with Gasteiger partial charge in [0.15, 0.2) is 0 Å². The molecule has 4 nitrogen and oxygen atoms in total. The lowest BCUT2D eigenvalue weighted by molar-refractivity contribution is -0.143. The van der Waals surface area contributed by atoms with E-state index in [0.29, 0.717) is 54.5 Å². The van der Waals surface area contributed by atoms with Crippen molar-refractivity contribution in [2.24, 2.45) is 40.4 Å². The second-order valence-electron chi connectivity index (χ2n) is 10.7. The van der Waals surface area contributed by atoms with Crippen LogP contribution in [-0.2, 0) is 19.1 Å². The number of carbonyl (C=O) groups excluding carboxylic acids is 3. The highest BCUT2D eigenvalue weighted by Crippen LogP contribution is 2.65. The fourth-order valence-corrected chi connectivity index (χ4v) is 7.61. The molecule has 7 atom stereocenters. The zero-order valence-corrected chi connectivity index (χ0v) is 18.5. The topological polar surface area (TPSA) is 60.4 Å². The van der Waals surface area contributed by atoms with E-state index in [0.717, 1.165) is 38.5 Å². The Bertz CT molecular complexity index is 752. The lowest BCUT2D eigenvalue weighted by Crippen LogP contribution is -2.55. The maximum absolute atomic E-state index is 13.6. The highest BCUT2D eigenvalue weighted by atomic mass is 16.5. The number of methoxy groups -OCH3 is 1. The summed E-state index contributed by atoms with van der Waals surface area (Å²) in [6.07, 6.45) is 9.79. The molecule has 0 aromatic carbocycles. The number of ether oxygens (including phenoxy) is 1. The van der Waals surface area contributed by atoms with E-state index in [2.05, 4.69) is 26.8 Å². The van der Waals surface area contributed by atoms with Crippen LogP contribution in [-0.4, -0.2) is 24.6 Å². The van der Waals surface area contributed by atoms with E-state index in [9.17, 15) is 14.4 Å². The number of esters is 1. The molecular formula is C25H36O4. The SMILES string of the molecule is COC(=O)CC[C@@H](C)[C@H]1CC=C2[C@@H]3CC[C@@H]4CC(=O)CC[C@]4(C)[C@H]3CC(=O)[C@@]21C. The van der Waals surface area contributed by atoms with Gasteiger partial charge in [-0.25, -0.2) is 0 Å². The van der Waals surface area contributed by atoms with Crippen molar-refractivity contribution in [2.45, 2.75) is 78.6 Å². The fraction of sp³-hybridized carbons (Fsp3) is 0.800. The van der Waals surface area contributed by atoms with Crippen molar-refractivity contribution in [2.75, 3.05) is 7.11 Å². The highest BCUT2D eigenvalue weighted by Gasteiger charge is 2.61. The Balaban J connectivity index is 1.56. The molecule has 160 valence electrons. The summed E-state index contributed by atoms with van der Waals surface area (Å²) in [5, 5.41) is 0. The Labute approximate surface area is 174 Å². The van der Waals surface area contributed by atoms with Crippen LogP contribution in [0.3, 0.4) is 0 Å².